The van der Waals surface area contributed by atoms with Gasteiger partial charge in [-0.2, -0.15) is 13.2 Å². The minimum absolute atomic E-state index is 0.0399. The number of hydrogen-bond donors (Lipinski definition) is 1. The minimum atomic E-state index is -4.75. The Balaban J connectivity index is 2.13. The first kappa shape index (κ1) is 15.3. The van der Waals surface area contributed by atoms with Gasteiger partial charge in [-0.05, 0) is 29.3 Å². The fourth-order valence-corrected chi connectivity index (χ4v) is 1.82. The smallest absolute Gasteiger partial charge is 0.419 e. The van der Waals surface area contributed by atoms with E-state index in [4.69, 9.17) is 10.5 Å². The van der Waals surface area contributed by atoms with E-state index in [1.54, 1.807) is 18.2 Å². The summed E-state index contributed by atoms with van der Waals surface area (Å²) in [6.45, 7) is 0.444. The second-order valence-electron chi connectivity index (χ2n) is 4.45. The Morgan fingerprint density at radius 2 is 1.71 bits per heavy atom. The van der Waals surface area contributed by atoms with Gasteiger partial charge >= 0.3 is 6.18 Å². The number of hydrogen-bond acceptors (Lipinski definition) is 2. The fraction of sp³-hybridized carbons (Fsp3) is 0.200. The highest BCUT2D eigenvalue weighted by Crippen LogP contribution is 2.33. The molecule has 0 spiro atoms. The van der Waals surface area contributed by atoms with Gasteiger partial charge in [0.15, 0.2) is 0 Å². The van der Waals surface area contributed by atoms with E-state index in [0.29, 0.717) is 12.6 Å². The molecule has 0 aliphatic rings. The molecule has 0 amide bonds. The number of benzene rings is 2. The van der Waals surface area contributed by atoms with Gasteiger partial charge in [-0.25, -0.2) is 4.39 Å². The predicted molar refractivity (Wildman–Crippen MR) is 70.1 cm³/mol. The van der Waals surface area contributed by atoms with Crippen molar-refractivity contribution >= 4 is 0 Å². The van der Waals surface area contributed by atoms with Crippen LogP contribution in [0.25, 0.3) is 0 Å². The number of alkyl halides is 3. The highest BCUT2D eigenvalue weighted by atomic mass is 19.4. The molecule has 0 aliphatic heterocycles. The summed E-state index contributed by atoms with van der Waals surface area (Å²) in [6, 6.07) is 9.76. The maximum absolute atomic E-state index is 13.1. The monoisotopic (exact) mass is 299 g/mol. The summed E-state index contributed by atoms with van der Waals surface area (Å²) in [7, 11) is 0. The first-order valence-corrected chi connectivity index (χ1v) is 6.17. The van der Waals surface area contributed by atoms with Crippen LogP contribution < -0.4 is 10.5 Å². The summed E-state index contributed by atoms with van der Waals surface area (Å²) in [5, 5.41) is 0. The second-order valence-corrected chi connectivity index (χ2v) is 4.45. The van der Waals surface area contributed by atoms with Gasteiger partial charge in [0.05, 0.1) is 5.56 Å². The Hall–Kier alpha value is -2.08. The first-order chi connectivity index (χ1) is 9.90. The molecular formula is C15H13F4NO. The van der Waals surface area contributed by atoms with Crippen LogP contribution in [0.15, 0.2) is 42.5 Å². The molecule has 0 bridgehead atoms. The van der Waals surface area contributed by atoms with Gasteiger partial charge in [0.25, 0.3) is 0 Å². The molecule has 2 aromatic rings. The van der Waals surface area contributed by atoms with Crippen molar-refractivity contribution in [1.82, 2.24) is 0 Å². The molecule has 0 atom stereocenters. The summed E-state index contributed by atoms with van der Waals surface area (Å²) in [5.41, 5.74) is 5.83. The van der Waals surface area contributed by atoms with Crippen LogP contribution in [0.2, 0.25) is 0 Å². The molecule has 6 heteroatoms. The molecule has 2 aromatic carbocycles. The summed E-state index contributed by atoms with van der Waals surface area (Å²) in [4.78, 5) is 0. The molecule has 0 heterocycles. The summed E-state index contributed by atoms with van der Waals surface area (Å²) in [5.74, 6) is -1.36. The third kappa shape index (κ3) is 3.95. The van der Waals surface area contributed by atoms with Crippen LogP contribution in [0, 0.1) is 5.82 Å². The Labute approximate surface area is 119 Å². The lowest BCUT2D eigenvalue weighted by Crippen LogP contribution is -2.08. The standard InChI is InChI=1S/C15H13F4NO/c16-14-5-4-12(7-13(14)15(17,18)19)21-9-11-3-1-2-10(6-11)8-20/h1-7H,8-9,20H2. The molecule has 0 saturated carbocycles. The average Bonchev–Trinajstić information content (AvgIpc) is 2.45. The zero-order valence-corrected chi connectivity index (χ0v) is 11.0. The zero-order chi connectivity index (χ0) is 15.5. The topological polar surface area (TPSA) is 35.2 Å². The molecule has 0 aliphatic carbocycles. The van der Waals surface area contributed by atoms with Crippen LogP contribution in [0.3, 0.4) is 0 Å². The van der Waals surface area contributed by atoms with Crippen molar-refractivity contribution in [1.29, 1.82) is 0 Å². The largest absolute Gasteiger partial charge is 0.489 e. The van der Waals surface area contributed by atoms with Gasteiger partial charge in [-0.15, -0.1) is 0 Å². The summed E-state index contributed by atoms with van der Waals surface area (Å²) >= 11 is 0. The number of halogens is 4. The third-order valence-electron chi connectivity index (χ3n) is 2.88. The van der Waals surface area contributed by atoms with E-state index in [2.05, 4.69) is 0 Å². The van der Waals surface area contributed by atoms with Gasteiger partial charge in [0, 0.05) is 6.54 Å². The highest BCUT2D eigenvalue weighted by molar-refractivity contribution is 5.32. The van der Waals surface area contributed by atoms with Gasteiger partial charge in [0.1, 0.15) is 18.2 Å². The van der Waals surface area contributed by atoms with Crippen molar-refractivity contribution in [3.63, 3.8) is 0 Å². The molecular weight excluding hydrogens is 286 g/mol. The number of ether oxygens (including phenoxy) is 1. The molecule has 0 unspecified atom stereocenters. The lowest BCUT2D eigenvalue weighted by molar-refractivity contribution is -0.140. The third-order valence-corrected chi connectivity index (χ3v) is 2.88. The van der Waals surface area contributed by atoms with Crippen LogP contribution in [-0.2, 0) is 19.3 Å². The number of nitrogens with two attached hydrogens (primary N) is 1. The lowest BCUT2D eigenvalue weighted by atomic mass is 10.1. The lowest BCUT2D eigenvalue weighted by Gasteiger charge is -2.11. The van der Waals surface area contributed by atoms with E-state index in [1.165, 1.54) is 0 Å². The summed E-state index contributed by atoms with van der Waals surface area (Å²) < 4.78 is 56.2. The van der Waals surface area contributed by atoms with Crippen molar-refractivity contribution in [2.24, 2.45) is 5.73 Å². The molecule has 0 fully saturated rings. The Morgan fingerprint density at radius 1 is 1.00 bits per heavy atom. The van der Waals surface area contributed by atoms with Gasteiger partial charge in [-0.1, -0.05) is 24.3 Å². The number of rotatable bonds is 4. The Bertz CT molecular complexity index is 625. The average molecular weight is 299 g/mol. The van der Waals surface area contributed by atoms with Crippen molar-refractivity contribution in [3.8, 4) is 5.75 Å². The first-order valence-electron chi connectivity index (χ1n) is 6.17. The van der Waals surface area contributed by atoms with E-state index < -0.39 is 17.6 Å². The quantitative estimate of drug-likeness (QED) is 0.870. The van der Waals surface area contributed by atoms with Crippen molar-refractivity contribution in [3.05, 3.63) is 65.0 Å². The fourth-order valence-electron chi connectivity index (χ4n) is 1.82. The van der Waals surface area contributed by atoms with Crippen LogP contribution in [-0.4, -0.2) is 0 Å². The van der Waals surface area contributed by atoms with E-state index in [0.717, 1.165) is 23.3 Å². The Morgan fingerprint density at radius 3 is 2.38 bits per heavy atom. The predicted octanol–water partition coefficient (Wildman–Crippen LogP) is 3.88. The molecule has 0 saturated heterocycles. The van der Waals surface area contributed by atoms with E-state index in [1.807, 2.05) is 6.07 Å². The minimum Gasteiger partial charge on any atom is -0.489 e. The zero-order valence-electron chi connectivity index (χ0n) is 11.0. The Kier molecular flexibility index (Phi) is 4.47. The normalized spacial score (nSPS) is 11.5. The summed E-state index contributed by atoms with van der Waals surface area (Å²) in [6.07, 6.45) is -4.75. The van der Waals surface area contributed by atoms with Crippen LogP contribution >= 0.6 is 0 Å². The molecule has 112 valence electrons. The second kappa shape index (κ2) is 6.13. The maximum Gasteiger partial charge on any atom is 0.419 e. The maximum atomic E-state index is 13.1. The van der Waals surface area contributed by atoms with Crippen LogP contribution in [0.4, 0.5) is 17.6 Å². The highest BCUT2D eigenvalue weighted by Gasteiger charge is 2.34. The van der Waals surface area contributed by atoms with Crippen molar-refractivity contribution in [2.75, 3.05) is 0 Å². The van der Waals surface area contributed by atoms with Crippen molar-refractivity contribution < 1.29 is 22.3 Å². The molecule has 2 N–H and O–H groups in total. The molecule has 2 rings (SSSR count). The molecule has 0 aromatic heterocycles. The van der Waals surface area contributed by atoms with Crippen LogP contribution in [0.5, 0.6) is 5.75 Å². The van der Waals surface area contributed by atoms with Gasteiger partial charge < -0.3 is 10.5 Å². The van der Waals surface area contributed by atoms with E-state index in [9.17, 15) is 17.6 Å². The van der Waals surface area contributed by atoms with Crippen LogP contribution in [0.1, 0.15) is 16.7 Å². The molecule has 2 nitrogen and oxygen atoms in total. The van der Waals surface area contributed by atoms with Gasteiger partial charge in [-0.3, -0.25) is 0 Å². The molecule has 0 radical (unpaired) electrons. The SMILES string of the molecule is NCc1cccc(COc2ccc(F)c(C(F)(F)F)c2)c1. The van der Waals surface area contributed by atoms with E-state index >= 15 is 0 Å². The van der Waals surface area contributed by atoms with Crippen molar-refractivity contribution in [2.45, 2.75) is 19.3 Å². The van der Waals surface area contributed by atoms with Gasteiger partial charge in [0.2, 0.25) is 0 Å². The molecule has 21 heavy (non-hydrogen) atoms. The van der Waals surface area contributed by atoms with E-state index in [-0.39, 0.29) is 12.4 Å².